The van der Waals surface area contributed by atoms with Crippen molar-refractivity contribution < 1.29 is 9.53 Å². The molecular formula is C20H28N2O2S3. The van der Waals surface area contributed by atoms with Crippen molar-refractivity contribution in [3.63, 3.8) is 0 Å². The largest absolute Gasteiger partial charge is 0.492 e. The lowest BCUT2D eigenvalue weighted by Gasteiger charge is -2.16. The van der Waals surface area contributed by atoms with Crippen molar-refractivity contribution >= 4 is 40.3 Å². The van der Waals surface area contributed by atoms with Crippen LogP contribution in [0.2, 0.25) is 0 Å². The Balaban J connectivity index is 1.54. The molecule has 0 radical (unpaired) electrons. The van der Waals surface area contributed by atoms with Crippen molar-refractivity contribution in [2.75, 3.05) is 25.4 Å². The summed E-state index contributed by atoms with van der Waals surface area (Å²) in [6.45, 7) is 8.09. The van der Waals surface area contributed by atoms with Crippen LogP contribution in [0.25, 0.3) is 0 Å². The van der Waals surface area contributed by atoms with E-state index in [0.717, 1.165) is 37.6 Å². The Kier molecular flexibility index (Phi) is 10.6. The van der Waals surface area contributed by atoms with Crippen LogP contribution in [0.4, 0.5) is 0 Å². The van der Waals surface area contributed by atoms with Crippen LogP contribution in [0.15, 0.2) is 41.2 Å². The maximum atomic E-state index is 11.8. The molecule has 2 rings (SSSR count). The molecule has 2 aromatic rings. The summed E-state index contributed by atoms with van der Waals surface area (Å²) in [5.41, 5.74) is 0. The van der Waals surface area contributed by atoms with Crippen LogP contribution in [0.3, 0.4) is 0 Å². The molecule has 2 heterocycles. The number of hydrogen-bond donors (Lipinski definition) is 1. The summed E-state index contributed by atoms with van der Waals surface area (Å²) >= 11 is 5.10. The molecule has 2 aromatic heterocycles. The van der Waals surface area contributed by atoms with Gasteiger partial charge >= 0.3 is 0 Å². The molecule has 0 aliphatic carbocycles. The zero-order chi connectivity index (χ0) is 19.3. The maximum Gasteiger partial charge on any atom is 0.233 e. The third-order valence-corrected chi connectivity index (χ3v) is 6.82. The highest BCUT2D eigenvalue weighted by molar-refractivity contribution is 7.99. The molecule has 0 aromatic carbocycles. The number of nitrogens with zero attached hydrogens (tertiary/aromatic N) is 1. The molecule has 0 unspecified atom stereocenters. The summed E-state index contributed by atoms with van der Waals surface area (Å²) in [5.74, 6) is 2.33. The van der Waals surface area contributed by atoms with Gasteiger partial charge in [0.1, 0.15) is 5.75 Å². The Morgan fingerprint density at radius 1 is 1.30 bits per heavy atom. The molecular weight excluding hydrogens is 396 g/mol. The Labute approximate surface area is 174 Å². The van der Waals surface area contributed by atoms with Gasteiger partial charge in [0.2, 0.25) is 5.91 Å². The topological polar surface area (TPSA) is 41.6 Å². The van der Waals surface area contributed by atoms with E-state index in [1.54, 1.807) is 40.6 Å². The van der Waals surface area contributed by atoms with E-state index < -0.39 is 0 Å². The van der Waals surface area contributed by atoms with Gasteiger partial charge in [0, 0.05) is 33.9 Å². The highest BCUT2D eigenvalue weighted by atomic mass is 32.2. The van der Waals surface area contributed by atoms with Crippen molar-refractivity contribution in [2.45, 2.75) is 32.6 Å². The van der Waals surface area contributed by atoms with Gasteiger partial charge < -0.3 is 10.1 Å². The van der Waals surface area contributed by atoms with E-state index >= 15 is 0 Å². The number of thioether (sulfide) groups is 1. The van der Waals surface area contributed by atoms with Crippen LogP contribution >= 0.6 is 34.4 Å². The maximum absolute atomic E-state index is 11.8. The molecule has 0 bridgehead atoms. The Bertz CT molecular complexity index is 679. The van der Waals surface area contributed by atoms with Crippen LogP contribution in [-0.2, 0) is 17.1 Å². The number of amides is 1. The molecule has 1 N–H and O–H groups in total. The lowest BCUT2D eigenvalue weighted by atomic mass is 10.4. The number of carbonyl (C=O) groups excluding carboxylic acids is 1. The summed E-state index contributed by atoms with van der Waals surface area (Å²) in [6.07, 6.45) is 4.42. The molecule has 148 valence electrons. The second kappa shape index (κ2) is 13.0. The SMILES string of the molecule is CCN(CC)Cc1cc(OCC/C=C\NC(=O)CSCc2cccs2)cs1. The molecule has 0 aliphatic heterocycles. The van der Waals surface area contributed by atoms with Crippen molar-refractivity contribution in [1.82, 2.24) is 10.2 Å². The number of rotatable bonds is 13. The molecule has 0 saturated heterocycles. The second-order valence-electron chi connectivity index (χ2n) is 5.89. The van der Waals surface area contributed by atoms with Crippen molar-refractivity contribution in [1.29, 1.82) is 0 Å². The third-order valence-electron chi connectivity index (χ3n) is 3.88. The fourth-order valence-electron chi connectivity index (χ4n) is 2.35. The molecule has 0 atom stereocenters. The first-order chi connectivity index (χ1) is 13.2. The number of carbonyl (C=O) groups is 1. The van der Waals surface area contributed by atoms with Crippen molar-refractivity contribution in [2.24, 2.45) is 0 Å². The fraction of sp³-hybridized carbons (Fsp3) is 0.450. The molecule has 0 fully saturated rings. The van der Waals surface area contributed by atoms with Gasteiger partial charge in [-0.25, -0.2) is 0 Å². The smallest absolute Gasteiger partial charge is 0.233 e. The first kappa shape index (κ1) is 22.0. The van der Waals surface area contributed by atoms with Gasteiger partial charge in [-0.15, -0.1) is 34.4 Å². The number of ether oxygens (including phenoxy) is 1. The van der Waals surface area contributed by atoms with Gasteiger partial charge in [-0.05, 0) is 36.8 Å². The summed E-state index contributed by atoms with van der Waals surface area (Å²) in [4.78, 5) is 16.8. The zero-order valence-corrected chi connectivity index (χ0v) is 18.4. The fourth-order valence-corrected chi connectivity index (χ4v) is 4.87. The quantitative estimate of drug-likeness (QED) is 0.460. The Morgan fingerprint density at radius 3 is 2.89 bits per heavy atom. The van der Waals surface area contributed by atoms with E-state index in [9.17, 15) is 4.79 Å². The van der Waals surface area contributed by atoms with E-state index in [2.05, 4.69) is 47.0 Å². The molecule has 0 spiro atoms. The molecule has 1 amide bonds. The number of nitrogens with one attached hydrogen (secondary N) is 1. The van der Waals surface area contributed by atoms with Crippen LogP contribution in [0, 0.1) is 0 Å². The normalized spacial score (nSPS) is 11.4. The standard InChI is InChI=1S/C20H28N2O2S3/c1-3-22(4-2)13-19-12-17(14-27-19)24-10-6-5-9-21-20(23)16-25-15-18-8-7-11-26-18/h5,7-9,11-12,14H,3-4,6,10,13,15-16H2,1-2H3,(H,21,23)/b9-5-. The first-order valence-corrected chi connectivity index (χ1v) is 12.1. The minimum Gasteiger partial charge on any atom is -0.492 e. The van der Waals surface area contributed by atoms with Crippen LogP contribution in [-0.4, -0.2) is 36.3 Å². The van der Waals surface area contributed by atoms with Gasteiger partial charge in [0.15, 0.2) is 0 Å². The van der Waals surface area contributed by atoms with Gasteiger partial charge in [-0.1, -0.05) is 26.0 Å². The van der Waals surface area contributed by atoms with Crippen LogP contribution in [0.5, 0.6) is 5.75 Å². The van der Waals surface area contributed by atoms with E-state index in [1.807, 2.05) is 12.1 Å². The summed E-state index contributed by atoms with van der Waals surface area (Å²) in [6, 6.07) is 6.25. The predicted molar refractivity (Wildman–Crippen MR) is 119 cm³/mol. The molecule has 0 aliphatic rings. The van der Waals surface area contributed by atoms with Gasteiger partial charge in [0.05, 0.1) is 12.4 Å². The van der Waals surface area contributed by atoms with Gasteiger partial charge in [0.25, 0.3) is 0 Å². The van der Waals surface area contributed by atoms with Crippen LogP contribution < -0.4 is 10.1 Å². The summed E-state index contributed by atoms with van der Waals surface area (Å²) < 4.78 is 5.77. The highest BCUT2D eigenvalue weighted by Crippen LogP contribution is 2.23. The minimum atomic E-state index is 0.0348. The molecule has 0 saturated carbocycles. The van der Waals surface area contributed by atoms with Crippen molar-refractivity contribution in [3.05, 3.63) is 51.0 Å². The van der Waals surface area contributed by atoms with E-state index in [-0.39, 0.29) is 5.91 Å². The molecule has 4 nitrogen and oxygen atoms in total. The number of hydrogen-bond acceptors (Lipinski definition) is 6. The Morgan fingerprint density at radius 2 is 2.15 bits per heavy atom. The van der Waals surface area contributed by atoms with Crippen molar-refractivity contribution in [3.8, 4) is 5.75 Å². The average Bonchev–Trinajstić information content (AvgIpc) is 3.34. The first-order valence-electron chi connectivity index (χ1n) is 9.18. The average molecular weight is 425 g/mol. The minimum absolute atomic E-state index is 0.0348. The predicted octanol–water partition coefficient (Wildman–Crippen LogP) is 4.98. The lowest BCUT2D eigenvalue weighted by Crippen LogP contribution is -2.21. The Hall–Kier alpha value is -1.28. The van der Waals surface area contributed by atoms with Gasteiger partial charge in [-0.2, -0.15) is 0 Å². The summed E-state index contributed by atoms with van der Waals surface area (Å²) in [5, 5.41) is 6.93. The molecule has 27 heavy (non-hydrogen) atoms. The van der Waals surface area contributed by atoms with E-state index in [4.69, 9.17) is 4.74 Å². The zero-order valence-electron chi connectivity index (χ0n) is 16.0. The third kappa shape index (κ3) is 8.97. The lowest BCUT2D eigenvalue weighted by molar-refractivity contribution is -0.117. The summed E-state index contributed by atoms with van der Waals surface area (Å²) in [7, 11) is 0. The van der Waals surface area contributed by atoms with E-state index in [1.165, 1.54) is 9.75 Å². The second-order valence-corrected chi connectivity index (χ2v) is 8.90. The van der Waals surface area contributed by atoms with E-state index in [0.29, 0.717) is 12.4 Å². The molecule has 7 heteroatoms. The van der Waals surface area contributed by atoms with Crippen LogP contribution in [0.1, 0.15) is 30.0 Å². The highest BCUT2D eigenvalue weighted by Gasteiger charge is 2.05. The monoisotopic (exact) mass is 424 g/mol. The van der Waals surface area contributed by atoms with Gasteiger partial charge in [-0.3, -0.25) is 9.69 Å². The number of thiophene rings is 2.